The highest BCUT2D eigenvalue weighted by molar-refractivity contribution is 5.83. The van der Waals surface area contributed by atoms with Crippen molar-refractivity contribution in [3.8, 4) is 0 Å². The van der Waals surface area contributed by atoms with Gasteiger partial charge in [0.1, 0.15) is 0 Å². The molecule has 0 aliphatic carbocycles. The fourth-order valence-electron chi connectivity index (χ4n) is 2.45. The number of amides is 2. The topological polar surface area (TPSA) is 89.9 Å². The van der Waals surface area contributed by atoms with Gasteiger partial charge < -0.3 is 20.4 Å². The minimum Gasteiger partial charge on any atom is -0.480 e. The van der Waals surface area contributed by atoms with Crippen LogP contribution in [0.4, 0.5) is 4.79 Å². The van der Waals surface area contributed by atoms with Crippen LogP contribution in [0, 0.1) is 5.92 Å². The van der Waals surface area contributed by atoms with Gasteiger partial charge >= 0.3 is 12.0 Å². The number of urea groups is 1. The number of nitrogens with one attached hydrogen (secondary N) is 1. The van der Waals surface area contributed by atoms with E-state index in [1.54, 1.807) is 4.90 Å². The lowest BCUT2D eigenvalue weighted by molar-refractivity contribution is -0.141. The van der Waals surface area contributed by atoms with Crippen LogP contribution in [0.2, 0.25) is 0 Å². The summed E-state index contributed by atoms with van der Waals surface area (Å²) >= 11 is 0. The van der Waals surface area contributed by atoms with Crippen LogP contribution in [0.1, 0.15) is 39.5 Å². The van der Waals surface area contributed by atoms with Crippen LogP contribution in [0.25, 0.3) is 0 Å². The molecule has 0 bridgehead atoms. The number of aliphatic hydroxyl groups is 1. The van der Waals surface area contributed by atoms with Crippen molar-refractivity contribution >= 4 is 12.0 Å². The zero-order valence-electron chi connectivity index (χ0n) is 11.6. The molecular weight excluding hydrogens is 248 g/mol. The zero-order chi connectivity index (χ0) is 14.4. The lowest BCUT2D eigenvalue weighted by Gasteiger charge is -2.33. The SMILES string of the molecule is CCCC1CCN(C(=O)NC(C(=O)O)C(C)O)CC1. The second-order valence-electron chi connectivity index (χ2n) is 5.23. The van der Waals surface area contributed by atoms with Gasteiger partial charge in [0.2, 0.25) is 0 Å². The number of aliphatic carboxylic acids is 1. The summed E-state index contributed by atoms with van der Waals surface area (Å²) in [5, 5.41) is 20.6. The van der Waals surface area contributed by atoms with Crippen molar-refractivity contribution in [2.75, 3.05) is 13.1 Å². The van der Waals surface area contributed by atoms with E-state index in [4.69, 9.17) is 5.11 Å². The monoisotopic (exact) mass is 272 g/mol. The van der Waals surface area contributed by atoms with Gasteiger partial charge in [-0.15, -0.1) is 0 Å². The quantitative estimate of drug-likeness (QED) is 0.697. The van der Waals surface area contributed by atoms with Crippen molar-refractivity contribution in [1.29, 1.82) is 0 Å². The average Bonchev–Trinajstić information content (AvgIpc) is 2.36. The van der Waals surface area contributed by atoms with E-state index in [2.05, 4.69) is 12.2 Å². The van der Waals surface area contributed by atoms with Crippen LogP contribution in [0.5, 0.6) is 0 Å². The number of carbonyl (C=O) groups excluding carboxylic acids is 1. The molecular formula is C13H24N2O4. The fraction of sp³-hybridized carbons (Fsp3) is 0.846. The highest BCUT2D eigenvalue weighted by Crippen LogP contribution is 2.21. The summed E-state index contributed by atoms with van der Waals surface area (Å²) in [6, 6.07) is -1.65. The van der Waals surface area contributed by atoms with Gasteiger partial charge in [-0.2, -0.15) is 0 Å². The molecule has 0 aromatic rings. The van der Waals surface area contributed by atoms with Gasteiger partial charge in [-0.25, -0.2) is 9.59 Å². The number of likely N-dealkylation sites (tertiary alicyclic amines) is 1. The first-order chi connectivity index (χ1) is 8.95. The third-order valence-electron chi connectivity index (χ3n) is 3.63. The highest BCUT2D eigenvalue weighted by Gasteiger charge is 2.29. The summed E-state index contributed by atoms with van der Waals surface area (Å²) in [6.07, 6.45) is 3.15. The van der Waals surface area contributed by atoms with Crippen LogP contribution in [-0.4, -0.2) is 52.3 Å². The highest BCUT2D eigenvalue weighted by atomic mass is 16.4. The summed E-state index contributed by atoms with van der Waals surface area (Å²) in [4.78, 5) is 24.5. The molecule has 3 N–H and O–H groups in total. The van der Waals surface area contributed by atoms with E-state index in [0.717, 1.165) is 19.3 Å². The molecule has 6 nitrogen and oxygen atoms in total. The summed E-state index contributed by atoms with van der Waals surface area (Å²) in [5.74, 6) is -0.551. The summed E-state index contributed by atoms with van der Waals surface area (Å²) in [7, 11) is 0. The molecule has 2 atom stereocenters. The number of hydrogen-bond acceptors (Lipinski definition) is 3. The van der Waals surface area contributed by atoms with Gasteiger partial charge in [-0.05, 0) is 25.7 Å². The molecule has 1 saturated heterocycles. The minimum absolute atomic E-state index is 0.400. The number of carbonyl (C=O) groups is 2. The lowest BCUT2D eigenvalue weighted by Crippen LogP contribution is -2.53. The second-order valence-corrected chi connectivity index (χ2v) is 5.23. The Hall–Kier alpha value is -1.30. The van der Waals surface area contributed by atoms with E-state index in [1.165, 1.54) is 13.3 Å². The van der Waals surface area contributed by atoms with E-state index < -0.39 is 24.1 Å². The van der Waals surface area contributed by atoms with Crippen molar-refractivity contribution < 1.29 is 19.8 Å². The largest absolute Gasteiger partial charge is 0.480 e. The maximum Gasteiger partial charge on any atom is 0.328 e. The molecule has 1 aliphatic heterocycles. The van der Waals surface area contributed by atoms with Crippen LogP contribution in [0.15, 0.2) is 0 Å². The molecule has 0 aromatic carbocycles. The van der Waals surface area contributed by atoms with Crippen LogP contribution < -0.4 is 5.32 Å². The Kier molecular flexibility index (Phi) is 6.08. The Morgan fingerprint density at radius 1 is 1.37 bits per heavy atom. The van der Waals surface area contributed by atoms with Crippen molar-refractivity contribution in [1.82, 2.24) is 10.2 Å². The maximum absolute atomic E-state index is 11.9. The van der Waals surface area contributed by atoms with Gasteiger partial charge in [-0.3, -0.25) is 0 Å². The summed E-state index contributed by atoms with van der Waals surface area (Å²) in [6.45, 7) is 4.82. The van der Waals surface area contributed by atoms with Crippen LogP contribution >= 0.6 is 0 Å². The van der Waals surface area contributed by atoms with Crippen molar-refractivity contribution in [3.05, 3.63) is 0 Å². The summed E-state index contributed by atoms with van der Waals surface area (Å²) in [5.41, 5.74) is 0. The molecule has 0 aromatic heterocycles. The number of carboxylic acids is 1. The average molecular weight is 272 g/mol. The number of nitrogens with zero attached hydrogens (tertiary/aromatic N) is 1. The van der Waals surface area contributed by atoms with E-state index in [1.807, 2.05) is 0 Å². The molecule has 2 unspecified atom stereocenters. The van der Waals surface area contributed by atoms with Crippen LogP contribution in [-0.2, 0) is 4.79 Å². The Morgan fingerprint density at radius 3 is 2.37 bits per heavy atom. The van der Waals surface area contributed by atoms with E-state index in [-0.39, 0.29) is 0 Å². The van der Waals surface area contributed by atoms with E-state index in [9.17, 15) is 14.7 Å². The first-order valence-electron chi connectivity index (χ1n) is 6.92. The third kappa shape index (κ3) is 4.70. The zero-order valence-corrected chi connectivity index (χ0v) is 11.6. The number of piperidine rings is 1. The van der Waals surface area contributed by atoms with E-state index >= 15 is 0 Å². The van der Waals surface area contributed by atoms with E-state index in [0.29, 0.717) is 19.0 Å². The Morgan fingerprint density at radius 2 is 1.95 bits per heavy atom. The molecule has 1 heterocycles. The van der Waals surface area contributed by atoms with Gasteiger partial charge in [-0.1, -0.05) is 19.8 Å². The van der Waals surface area contributed by atoms with Gasteiger partial charge in [0.25, 0.3) is 0 Å². The van der Waals surface area contributed by atoms with Crippen LogP contribution in [0.3, 0.4) is 0 Å². The molecule has 1 rings (SSSR count). The number of aliphatic hydroxyl groups excluding tert-OH is 1. The third-order valence-corrected chi connectivity index (χ3v) is 3.63. The lowest BCUT2D eigenvalue weighted by atomic mass is 9.93. The first-order valence-corrected chi connectivity index (χ1v) is 6.92. The van der Waals surface area contributed by atoms with Gasteiger partial charge in [0.15, 0.2) is 6.04 Å². The predicted octanol–water partition coefficient (Wildman–Crippen LogP) is 1.04. The molecule has 110 valence electrons. The number of carboxylic acid groups (broad SMARTS) is 1. The second kappa shape index (κ2) is 7.33. The van der Waals surface area contributed by atoms with Gasteiger partial charge in [0, 0.05) is 13.1 Å². The Bertz CT molecular complexity index is 312. The molecule has 1 fully saturated rings. The first kappa shape index (κ1) is 15.8. The number of hydrogen-bond donors (Lipinski definition) is 3. The van der Waals surface area contributed by atoms with Crippen molar-refractivity contribution in [3.63, 3.8) is 0 Å². The molecule has 6 heteroatoms. The summed E-state index contributed by atoms with van der Waals surface area (Å²) < 4.78 is 0. The predicted molar refractivity (Wildman–Crippen MR) is 70.8 cm³/mol. The molecule has 0 spiro atoms. The molecule has 0 saturated carbocycles. The fourth-order valence-corrected chi connectivity index (χ4v) is 2.45. The van der Waals surface area contributed by atoms with Crippen molar-refractivity contribution in [2.45, 2.75) is 51.7 Å². The Balaban J connectivity index is 2.44. The maximum atomic E-state index is 11.9. The Labute approximate surface area is 113 Å². The standard InChI is InChI=1S/C13H24N2O4/c1-3-4-10-5-7-15(8-6-10)13(19)14-11(9(2)16)12(17)18/h9-11,16H,3-8H2,1-2H3,(H,14,19)(H,17,18). The molecule has 19 heavy (non-hydrogen) atoms. The number of rotatable bonds is 5. The molecule has 0 radical (unpaired) electrons. The minimum atomic E-state index is -1.25. The smallest absolute Gasteiger partial charge is 0.328 e. The molecule has 1 aliphatic rings. The van der Waals surface area contributed by atoms with Crippen molar-refractivity contribution in [2.24, 2.45) is 5.92 Å². The molecule has 2 amide bonds. The normalized spacial score (nSPS) is 19.8. The van der Waals surface area contributed by atoms with Gasteiger partial charge in [0.05, 0.1) is 6.10 Å².